The molecule has 0 N–H and O–H groups in total. The summed E-state index contributed by atoms with van der Waals surface area (Å²) in [7, 11) is 1.31. The Labute approximate surface area is 135 Å². The van der Waals surface area contributed by atoms with Crippen molar-refractivity contribution in [1.82, 2.24) is 4.98 Å². The van der Waals surface area contributed by atoms with Gasteiger partial charge in [-0.15, -0.1) is 0 Å². The van der Waals surface area contributed by atoms with E-state index in [2.05, 4.69) is 4.98 Å². The van der Waals surface area contributed by atoms with Gasteiger partial charge in [0, 0.05) is 19.1 Å². The van der Waals surface area contributed by atoms with Crippen molar-refractivity contribution in [3.05, 3.63) is 58.0 Å². The number of hydrogen-bond acceptors (Lipinski definition) is 7. The lowest BCUT2D eigenvalue weighted by Gasteiger charge is -2.06. The van der Waals surface area contributed by atoms with Crippen molar-refractivity contribution in [2.75, 3.05) is 7.11 Å². The third kappa shape index (κ3) is 2.89. The number of aromatic nitrogens is 1. The van der Waals surface area contributed by atoms with E-state index in [4.69, 9.17) is 13.9 Å². The summed E-state index contributed by atoms with van der Waals surface area (Å²) in [6.07, 6.45) is 0. The number of hydrogen-bond donors (Lipinski definition) is 0. The molecule has 0 saturated heterocycles. The lowest BCUT2D eigenvalue weighted by molar-refractivity contribution is -0.385. The molecule has 1 aromatic heterocycles. The molecule has 3 rings (SSSR count). The van der Waals surface area contributed by atoms with Crippen LogP contribution in [0, 0.1) is 17.0 Å². The van der Waals surface area contributed by atoms with Gasteiger partial charge in [-0.05, 0) is 24.3 Å². The summed E-state index contributed by atoms with van der Waals surface area (Å²) in [4.78, 5) is 26.7. The van der Waals surface area contributed by atoms with E-state index in [0.717, 1.165) is 6.07 Å². The zero-order chi connectivity index (χ0) is 17.3. The van der Waals surface area contributed by atoms with Crippen LogP contribution in [-0.4, -0.2) is 23.0 Å². The highest BCUT2D eigenvalue weighted by atomic mass is 16.6. The quantitative estimate of drug-likeness (QED) is 0.313. The van der Waals surface area contributed by atoms with Gasteiger partial charge >= 0.3 is 11.7 Å². The minimum Gasteiger partial charge on any atom is -0.490 e. The third-order valence-corrected chi connectivity index (χ3v) is 3.29. The van der Waals surface area contributed by atoms with Gasteiger partial charge in [-0.25, -0.2) is 9.78 Å². The Kier molecular flexibility index (Phi) is 3.87. The highest BCUT2D eigenvalue weighted by Gasteiger charge is 2.19. The van der Waals surface area contributed by atoms with E-state index >= 15 is 0 Å². The number of carbonyl (C=O) groups excluding carboxylic acids is 1. The van der Waals surface area contributed by atoms with Gasteiger partial charge in [0.1, 0.15) is 11.3 Å². The summed E-state index contributed by atoms with van der Waals surface area (Å²) >= 11 is 0. The molecule has 0 atom stereocenters. The van der Waals surface area contributed by atoms with Crippen molar-refractivity contribution < 1.29 is 23.6 Å². The van der Waals surface area contributed by atoms with Crippen molar-refractivity contribution in [2.24, 2.45) is 0 Å². The van der Waals surface area contributed by atoms with Gasteiger partial charge in [-0.1, -0.05) is 0 Å². The van der Waals surface area contributed by atoms with Crippen LogP contribution in [0.2, 0.25) is 0 Å². The van der Waals surface area contributed by atoms with Crippen LogP contribution < -0.4 is 9.47 Å². The molecule has 122 valence electrons. The Morgan fingerprint density at radius 2 is 2.04 bits per heavy atom. The number of aryl methyl sites for hydroxylation is 1. The van der Waals surface area contributed by atoms with Gasteiger partial charge in [0.2, 0.25) is 0 Å². The van der Waals surface area contributed by atoms with Crippen molar-refractivity contribution in [3.8, 4) is 11.5 Å². The van der Waals surface area contributed by atoms with E-state index in [1.54, 1.807) is 25.1 Å². The predicted octanol–water partition coefficient (Wildman–Crippen LogP) is 3.27. The van der Waals surface area contributed by atoms with Gasteiger partial charge < -0.3 is 13.9 Å². The largest absolute Gasteiger partial charge is 0.490 e. The third-order valence-electron chi connectivity index (χ3n) is 3.29. The Morgan fingerprint density at radius 1 is 1.25 bits per heavy atom. The zero-order valence-corrected chi connectivity index (χ0v) is 12.8. The van der Waals surface area contributed by atoms with Crippen LogP contribution in [0.1, 0.15) is 16.2 Å². The number of oxazole rings is 1. The Bertz CT molecular complexity index is 947. The van der Waals surface area contributed by atoms with Crippen LogP contribution >= 0.6 is 0 Å². The lowest BCUT2D eigenvalue weighted by atomic mass is 10.2. The fourth-order valence-electron chi connectivity index (χ4n) is 2.21. The van der Waals surface area contributed by atoms with Crippen LogP contribution in [0.5, 0.6) is 11.5 Å². The molecule has 3 aromatic rings. The van der Waals surface area contributed by atoms with Crippen LogP contribution in [0.15, 0.2) is 40.8 Å². The summed E-state index contributed by atoms with van der Waals surface area (Å²) in [6.45, 7) is 1.71. The van der Waals surface area contributed by atoms with Crippen molar-refractivity contribution in [3.63, 3.8) is 0 Å². The Balaban J connectivity index is 1.88. The number of carbonyl (C=O) groups is 1. The smallest absolute Gasteiger partial charge is 0.343 e. The van der Waals surface area contributed by atoms with Gasteiger partial charge in [0.15, 0.2) is 17.2 Å². The number of ether oxygens (including phenoxy) is 2. The second-order valence-electron chi connectivity index (χ2n) is 4.90. The first-order valence-electron chi connectivity index (χ1n) is 6.90. The van der Waals surface area contributed by atoms with Crippen molar-refractivity contribution >= 4 is 22.8 Å². The maximum absolute atomic E-state index is 12.2. The predicted molar refractivity (Wildman–Crippen MR) is 83.4 cm³/mol. The van der Waals surface area contributed by atoms with Gasteiger partial charge in [0.25, 0.3) is 0 Å². The van der Waals surface area contributed by atoms with Crippen LogP contribution in [0.4, 0.5) is 5.69 Å². The summed E-state index contributed by atoms with van der Waals surface area (Å²) < 4.78 is 15.5. The van der Waals surface area contributed by atoms with Crippen LogP contribution in [0.3, 0.4) is 0 Å². The number of fused-ring (bicyclic) bond motifs is 1. The number of nitro benzene ring substituents is 1. The number of esters is 1. The maximum atomic E-state index is 12.2. The molecule has 1 heterocycles. The lowest BCUT2D eigenvalue weighted by Crippen LogP contribution is -2.09. The summed E-state index contributed by atoms with van der Waals surface area (Å²) in [6, 6.07) is 8.60. The molecule has 0 bridgehead atoms. The summed E-state index contributed by atoms with van der Waals surface area (Å²) in [5.41, 5.74) is 0.861. The number of nitrogens with zero attached hydrogens (tertiary/aromatic N) is 2. The first-order valence-corrected chi connectivity index (χ1v) is 6.90. The van der Waals surface area contributed by atoms with E-state index in [1.165, 1.54) is 19.2 Å². The first-order chi connectivity index (χ1) is 11.5. The van der Waals surface area contributed by atoms with Gasteiger partial charge in [-0.3, -0.25) is 10.1 Å². The Morgan fingerprint density at radius 3 is 2.75 bits per heavy atom. The average molecular weight is 328 g/mol. The number of benzene rings is 2. The van der Waals surface area contributed by atoms with Crippen LogP contribution in [-0.2, 0) is 0 Å². The minimum atomic E-state index is -0.722. The molecule has 0 amide bonds. The summed E-state index contributed by atoms with van der Waals surface area (Å²) in [5, 5.41) is 11.0. The van der Waals surface area contributed by atoms with E-state index in [1.807, 2.05) is 0 Å². The second kappa shape index (κ2) is 5.99. The zero-order valence-electron chi connectivity index (χ0n) is 12.8. The number of nitro groups is 1. The van der Waals surface area contributed by atoms with E-state index in [-0.39, 0.29) is 22.7 Å². The van der Waals surface area contributed by atoms with Gasteiger partial charge in [-0.2, -0.15) is 0 Å². The molecule has 0 aliphatic rings. The molecule has 0 aliphatic heterocycles. The molecule has 0 aliphatic carbocycles. The normalized spacial score (nSPS) is 10.6. The molecule has 24 heavy (non-hydrogen) atoms. The maximum Gasteiger partial charge on any atom is 0.343 e. The molecule has 0 saturated carbocycles. The van der Waals surface area contributed by atoms with E-state index < -0.39 is 10.9 Å². The first kappa shape index (κ1) is 15.5. The number of methoxy groups -OCH3 is 1. The molecule has 2 aromatic carbocycles. The van der Waals surface area contributed by atoms with Crippen molar-refractivity contribution in [2.45, 2.75) is 6.92 Å². The molecule has 0 unspecified atom stereocenters. The average Bonchev–Trinajstić information content (AvgIpc) is 2.93. The molecule has 8 heteroatoms. The molecular formula is C16H12N2O6. The van der Waals surface area contributed by atoms with Crippen molar-refractivity contribution in [1.29, 1.82) is 0 Å². The fraction of sp³-hybridized carbons (Fsp3) is 0.125. The minimum absolute atomic E-state index is 0.0407. The van der Waals surface area contributed by atoms with Gasteiger partial charge in [0.05, 0.1) is 17.6 Å². The molecule has 0 fully saturated rings. The Hall–Kier alpha value is -3.42. The molecule has 0 radical (unpaired) electrons. The highest BCUT2D eigenvalue weighted by Crippen LogP contribution is 2.28. The molecule has 0 spiro atoms. The second-order valence-corrected chi connectivity index (χ2v) is 4.90. The van der Waals surface area contributed by atoms with E-state index in [0.29, 0.717) is 17.0 Å². The van der Waals surface area contributed by atoms with E-state index in [9.17, 15) is 14.9 Å². The molecule has 8 nitrogen and oxygen atoms in total. The molecular weight excluding hydrogens is 316 g/mol. The summed E-state index contributed by atoms with van der Waals surface area (Å²) in [5.74, 6) is 0.106. The monoisotopic (exact) mass is 328 g/mol. The highest BCUT2D eigenvalue weighted by molar-refractivity contribution is 5.92. The van der Waals surface area contributed by atoms with Crippen LogP contribution in [0.25, 0.3) is 11.1 Å². The standard InChI is InChI=1S/C16H12N2O6/c1-9-17-12-8-11(4-6-14(12)23-9)24-16(19)10-3-5-15(22-2)13(7-10)18(20)21/h3-8H,1-2H3. The number of rotatable bonds is 4. The topological polar surface area (TPSA) is 105 Å². The SMILES string of the molecule is COc1ccc(C(=O)Oc2ccc3oc(C)nc3c2)cc1[N+](=O)[O-]. The fourth-order valence-corrected chi connectivity index (χ4v) is 2.21.